The molecular weight excluding hydrogens is 390 g/mol. The lowest BCUT2D eigenvalue weighted by molar-refractivity contribution is -0.144. The Bertz CT molecular complexity index is 990. The number of Topliss-reactive ketones (excluding diaryl/α,β-unsaturated/α-hetero) is 2. The van der Waals surface area contributed by atoms with Crippen molar-refractivity contribution in [2.75, 3.05) is 24.6 Å². The molecule has 29 heavy (non-hydrogen) atoms. The molecule has 0 unspecified atom stereocenters. The predicted octanol–water partition coefficient (Wildman–Crippen LogP) is 1.56. The van der Waals surface area contributed by atoms with Crippen LogP contribution in [0.15, 0.2) is 12.1 Å². The fourth-order valence-corrected chi connectivity index (χ4v) is 5.51. The number of carbonyl (C=O) groups excluding carboxylic acids is 3. The lowest BCUT2D eigenvalue weighted by Gasteiger charge is -2.33. The van der Waals surface area contributed by atoms with Gasteiger partial charge in [-0.1, -0.05) is 5.92 Å². The number of ketones is 2. The number of aryl methyl sites for hydroxylation is 2. The quantitative estimate of drug-likeness (QED) is 0.540. The lowest BCUT2D eigenvalue weighted by Crippen LogP contribution is -2.48. The molecule has 2 fully saturated rings. The van der Waals surface area contributed by atoms with Crippen molar-refractivity contribution < 1.29 is 22.8 Å². The summed E-state index contributed by atoms with van der Waals surface area (Å²) < 4.78 is 23.1. The zero-order chi connectivity index (χ0) is 21.3. The molecule has 3 rings (SSSR count). The maximum absolute atomic E-state index is 12.9. The number of hydrogen-bond donors (Lipinski definition) is 0. The van der Waals surface area contributed by atoms with Crippen LogP contribution in [0.3, 0.4) is 0 Å². The highest BCUT2D eigenvalue weighted by molar-refractivity contribution is 7.91. The average molecular weight is 416 g/mol. The normalized spacial score (nSPS) is 24.0. The van der Waals surface area contributed by atoms with E-state index in [2.05, 4.69) is 11.8 Å². The van der Waals surface area contributed by atoms with Gasteiger partial charge in [-0.05, 0) is 49.6 Å². The lowest BCUT2D eigenvalue weighted by atomic mass is 9.74. The molecule has 1 aliphatic heterocycles. The second-order valence-electron chi connectivity index (χ2n) is 7.85. The third-order valence-electron chi connectivity index (χ3n) is 5.70. The van der Waals surface area contributed by atoms with Crippen LogP contribution in [0.1, 0.15) is 47.9 Å². The van der Waals surface area contributed by atoms with Crippen molar-refractivity contribution in [1.29, 1.82) is 0 Å². The number of hydrogen-bond acceptors (Lipinski definition) is 5. The van der Waals surface area contributed by atoms with Crippen molar-refractivity contribution in [2.24, 2.45) is 5.92 Å². The molecule has 1 aliphatic carbocycles. The van der Waals surface area contributed by atoms with Gasteiger partial charge < -0.3 is 4.90 Å². The Morgan fingerprint density at radius 2 is 1.55 bits per heavy atom. The molecule has 1 aromatic carbocycles. The Hall–Kier alpha value is -2.46. The summed E-state index contributed by atoms with van der Waals surface area (Å²) >= 11 is 0. The van der Waals surface area contributed by atoms with E-state index in [0.717, 1.165) is 22.3 Å². The Balaban J connectivity index is 1.79. The molecule has 2 aliphatic rings. The Kier molecular flexibility index (Phi) is 5.95. The molecule has 1 aromatic rings. The minimum atomic E-state index is -3.10. The van der Waals surface area contributed by atoms with E-state index in [1.807, 2.05) is 26.0 Å². The molecule has 1 saturated heterocycles. The van der Waals surface area contributed by atoms with Crippen molar-refractivity contribution >= 4 is 27.3 Å². The van der Waals surface area contributed by atoms with Gasteiger partial charge in [0, 0.05) is 31.5 Å². The van der Waals surface area contributed by atoms with Crippen LogP contribution in [0, 0.1) is 31.6 Å². The molecule has 0 aromatic heterocycles. The molecule has 1 saturated carbocycles. The van der Waals surface area contributed by atoms with Gasteiger partial charge in [0.2, 0.25) is 5.91 Å². The SMILES string of the molecule is CC#Cc1cc(C)c(C2C(=O)CC(C(=O)N3CCS(=O)(=O)CC3)CC2=O)c(C)c1. The molecule has 1 heterocycles. The molecule has 6 nitrogen and oxygen atoms in total. The minimum Gasteiger partial charge on any atom is -0.340 e. The molecule has 7 heteroatoms. The smallest absolute Gasteiger partial charge is 0.226 e. The third-order valence-corrected chi connectivity index (χ3v) is 7.31. The van der Waals surface area contributed by atoms with Crippen LogP contribution in [0.2, 0.25) is 0 Å². The van der Waals surface area contributed by atoms with Gasteiger partial charge in [0.1, 0.15) is 17.5 Å². The fourth-order valence-electron chi connectivity index (χ4n) is 4.31. The summed E-state index contributed by atoms with van der Waals surface area (Å²) in [6.45, 7) is 5.75. The summed E-state index contributed by atoms with van der Waals surface area (Å²) in [5, 5.41) is 0. The van der Waals surface area contributed by atoms with E-state index < -0.39 is 21.7 Å². The van der Waals surface area contributed by atoms with E-state index >= 15 is 0 Å². The largest absolute Gasteiger partial charge is 0.340 e. The molecule has 0 atom stereocenters. The van der Waals surface area contributed by atoms with Crippen molar-refractivity contribution in [2.45, 2.75) is 39.5 Å². The highest BCUT2D eigenvalue weighted by Crippen LogP contribution is 2.35. The van der Waals surface area contributed by atoms with E-state index in [1.54, 1.807) is 6.92 Å². The molecule has 1 amide bonds. The van der Waals surface area contributed by atoms with Gasteiger partial charge in [-0.15, -0.1) is 5.92 Å². The predicted molar refractivity (Wildman–Crippen MR) is 109 cm³/mol. The monoisotopic (exact) mass is 415 g/mol. The van der Waals surface area contributed by atoms with Crippen LogP contribution < -0.4 is 0 Å². The Morgan fingerprint density at radius 1 is 1.03 bits per heavy atom. The van der Waals surface area contributed by atoms with Crippen LogP contribution in [-0.4, -0.2) is 55.4 Å². The summed E-state index contributed by atoms with van der Waals surface area (Å²) in [5.74, 6) is 3.38. The highest BCUT2D eigenvalue weighted by Gasteiger charge is 2.42. The van der Waals surface area contributed by atoms with Crippen molar-refractivity contribution in [1.82, 2.24) is 4.90 Å². The molecule has 0 bridgehead atoms. The van der Waals surface area contributed by atoms with Crippen LogP contribution in [0.5, 0.6) is 0 Å². The van der Waals surface area contributed by atoms with E-state index in [-0.39, 0.29) is 54.9 Å². The summed E-state index contributed by atoms with van der Waals surface area (Å²) in [6.07, 6.45) is 0.0156. The Morgan fingerprint density at radius 3 is 2.03 bits per heavy atom. The van der Waals surface area contributed by atoms with Crippen LogP contribution >= 0.6 is 0 Å². The van der Waals surface area contributed by atoms with Gasteiger partial charge >= 0.3 is 0 Å². The molecule has 154 valence electrons. The fraction of sp³-hybridized carbons (Fsp3) is 0.500. The number of sulfone groups is 1. The zero-order valence-electron chi connectivity index (χ0n) is 16.9. The second-order valence-corrected chi connectivity index (χ2v) is 10.2. The first-order valence-electron chi connectivity index (χ1n) is 9.71. The number of rotatable bonds is 2. The van der Waals surface area contributed by atoms with Crippen LogP contribution in [0.25, 0.3) is 0 Å². The van der Waals surface area contributed by atoms with E-state index in [1.165, 1.54) is 4.90 Å². The van der Waals surface area contributed by atoms with Gasteiger partial charge in [-0.3, -0.25) is 14.4 Å². The number of nitrogens with zero attached hydrogens (tertiary/aromatic N) is 1. The van der Waals surface area contributed by atoms with Gasteiger partial charge in [-0.25, -0.2) is 8.42 Å². The molecule has 0 spiro atoms. The standard InChI is InChI=1S/C22H25NO5S/c1-4-5-16-10-14(2)20(15(3)11-16)21-18(24)12-17(13-19(21)25)22(26)23-6-8-29(27,28)9-7-23/h10-11,17,21H,6-9,12-13H2,1-3H3. The van der Waals surface area contributed by atoms with Crippen molar-refractivity contribution in [3.05, 3.63) is 34.4 Å². The molecular formula is C22H25NO5S. The topological polar surface area (TPSA) is 88.6 Å². The minimum absolute atomic E-state index is 0.00782. The summed E-state index contributed by atoms with van der Waals surface area (Å²) in [4.78, 5) is 40.0. The third kappa shape index (κ3) is 4.43. The number of benzene rings is 1. The van der Waals surface area contributed by atoms with E-state index in [0.29, 0.717) is 0 Å². The second kappa shape index (κ2) is 8.11. The Labute approximate surface area is 171 Å². The van der Waals surface area contributed by atoms with Crippen molar-refractivity contribution in [3.8, 4) is 11.8 Å². The molecule has 0 radical (unpaired) electrons. The van der Waals surface area contributed by atoms with Gasteiger partial charge in [0.15, 0.2) is 9.84 Å². The first-order valence-corrected chi connectivity index (χ1v) is 11.5. The highest BCUT2D eigenvalue weighted by atomic mass is 32.2. The van der Waals surface area contributed by atoms with Gasteiger partial charge in [0.05, 0.1) is 17.4 Å². The van der Waals surface area contributed by atoms with E-state index in [9.17, 15) is 22.8 Å². The average Bonchev–Trinajstić information content (AvgIpc) is 2.63. The maximum Gasteiger partial charge on any atom is 0.226 e. The van der Waals surface area contributed by atoms with Gasteiger partial charge in [-0.2, -0.15) is 0 Å². The van der Waals surface area contributed by atoms with Gasteiger partial charge in [0.25, 0.3) is 0 Å². The summed E-state index contributed by atoms with van der Waals surface area (Å²) in [6, 6.07) is 3.76. The number of carbonyl (C=O) groups is 3. The zero-order valence-corrected chi connectivity index (χ0v) is 17.8. The van der Waals surface area contributed by atoms with Crippen molar-refractivity contribution in [3.63, 3.8) is 0 Å². The first-order chi connectivity index (χ1) is 13.6. The summed E-state index contributed by atoms with van der Waals surface area (Å²) in [7, 11) is -3.10. The summed E-state index contributed by atoms with van der Waals surface area (Å²) in [5.41, 5.74) is 3.26. The first kappa shape index (κ1) is 21.3. The molecule has 0 N–H and O–H groups in total. The number of amides is 1. The maximum atomic E-state index is 12.9. The van der Waals surface area contributed by atoms with Crippen LogP contribution in [-0.2, 0) is 24.2 Å². The van der Waals surface area contributed by atoms with Crippen LogP contribution in [0.4, 0.5) is 0 Å². The van der Waals surface area contributed by atoms with E-state index in [4.69, 9.17) is 0 Å².